The lowest BCUT2D eigenvalue weighted by Gasteiger charge is -2.11. The lowest BCUT2D eigenvalue weighted by atomic mass is 10.1. The molecule has 0 saturated carbocycles. The van der Waals surface area contributed by atoms with Gasteiger partial charge in [-0.15, -0.1) is 24.0 Å². The van der Waals surface area contributed by atoms with Gasteiger partial charge in [0.15, 0.2) is 5.96 Å². The van der Waals surface area contributed by atoms with Gasteiger partial charge in [-0.05, 0) is 50.1 Å². The first-order valence-electron chi connectivity index (χ1n) is 9.89. The smallest absolute Gasteiger partial charge is 0.341 e. The maximum absolute atomic E-state index is 11.7. The summed E-state index contributed by atoms with van der Waals surface area (Å²) in [6, 6.07) is 11.9. The molecule has 31 heavy (non-hydrogen) atoms. The van der Waals surface area contributed by atoms with E-state index in [1.165, 1.54) is 12.7 Å². The summed E-state index contributed by atoms with van der Waals surface area (Å²) in [5.74, 6) is 1.43. The van der Waals surface area contributed by atoms with Crippen molar-refractivity contribution in [2.75, 3.05) is 20.2 Å². The lowest BCUT2D eigenvalue weighted by Crippen LogP contribution is -2.38. The van der Waals surface area contributed by atoms with E-state index in [4.69, 9.17) is 9.15 Å². The number of ether oxygens (including phenoxy) is 1. The molecule has 0 unspecified atom stereocenters. The summed E-state index contributed by atoms with van der Waals surface area (Å²) in [6.45, 7) is 5.55. The fourth-order valence-corrected chi connectivity index (χ4v) is 3.00. The number of carbonyl (C=O) groups excluding carboxylic acids is 1. The third kappa shape index (κ3) is 6.84. The average Bonchev–Trinajstić information content (AvgIpc) is 3.42. The zero-order valence-electron chi connectivity index (χ0n) is 17.9. The zero-order valence-corrected chi connectivity index (χ0v) is 20.3. The molecule has 0 aliphatic carbocycles. The van der Waals surface area contributed by atoms with Gasteiger partial charge in [-0.2, -0.15) is 5.10 Å². The second-order valence-corrected chi connectivity index (χ2v) is 6.66. The molecule has 3 aromatic rings. The first-order chi connectivity index (χ1) is 14.6. The summed E-state index contributed by atoms with van der Waals surface area (Å²) in [5.41, 5.74) is 2.68. The second kappa shape index (κ2) is 12.1. The Kier molecular flexibility index (Phi) is 9.57. The molecular weight excluding hydrogens is 509 g/mol. The minimum atomic E-state index is -0.407. The van der Waals surface area contributed by atoms with E-state index in [0.29, 0.717) is 29.6 Å². The average molecular weight is 537 g/mol. The van der Waals surface area contributed by atoms with E-state index in [1.54, 1.807) is 19.2 Å². The highest BCUT2D eigenvalue weighted by Gasteiger charge is 2.15. The normalized spacial score (nSPS) is 11.0. The van der Waals surface area contributed by atoms with Crippen LogP contribution in [0.25, 0.3) is 5.69 Å². The fraction of sp³-hybridized carbons (Fsp3) is 0.318. The Morgan fingerprint density at radius 1 is 1.26 bits per heavy atom. The molecule has 2 heterocycles. The SMILES string of the molecule is CCNC(=NCc1cc(C(=O)OC)c(C)o1)NCCc1ccc(-n2cccn2)cc1.I. The van der Waals surface area contributed by atoms with Gasteiger partial charge in [0.1, 0.15) is 23.6 Å². The molecule has 0 aliphatic rings. The molecule has 1 aromatic carbocycles. The molecule has 2 aromatic heterocycles. The predicted molar refractivity (Wildman–Crippen MR) is 130 cm³/mol. The van der Waals surface area contributed by atoms with Gasteiger partial charge in [-0.3, -0.25) is 0 Å². The summed E-state index contributed by atoms with van der Waals surface area (Å²) >= 11 is 0. The Balaban J connectivity index is 0.00000341. The number of nitrogens with one attached hydrogen (secondary N) is 2. The minimum Gasteiger partial charge on any atom is -0.465 e. The molecule has 3 rings (SSSR count). The van der Waals surface area contributed by atoms with Gasteiger partial charge in [0.2, 0.25) is 0 Å². The van der Waals surface area contributed by atoms with Gasteiger partial charge in [0, 0.05) is 25.5 Å². The standard InChI is InChI=1S/C22H27N5O3.HI/c1-4-23-22(25-15-19-14-20(16(2)30-19)21(28)29-3)24-12-10-17-6-8-18(9-7-17)27-13-5-11-26-27;/h5-9,11,13-14H,4,10,12,15H2,1-3H3,(H2,23,24,25);1H. The maximum atomic E-state index is 11.7. The van der Waals surface area contributed by atoms with Crippen molar-refractivity contribution in [2.24, 2.45) is 4.99 Å². The van der Waals surface area contributed by atoms with Gasteiger partial charge >= 0.3 is 5.97 Å². The highest BCUT2D eigenvalue weighted by atomic mass is 127. The molecule has 0 amide bonds. The van der Waals surface area contributed by atoms with Crippen LogP contribution in [0.3, 0.4) is 0 Å². The van der Waals surface area contributed by atoms with Crippen LogP contribution >= 0.6 is 24.0 Å². The summed E-state index contributed by atoms with van der Waals surface area (Å²) in [4.78, 5) is 16.2. The molecule has 0 fully saturated rings. The molecule has 0 aliphatic heterocycles. The summed E-state index contributed by atoms with van der Waals surface area (Å²) in [7, 11) is 1.35. The van der Waals surface area contributed by atoms with E-state index in [1.807, 2.05) is 23.9 Å². The highest BCUT2D eigenvalue weighted by molar-refractivity contribution is 14.0. The number of methoxy groups -OCH3 is 1. The van der Waals surface area contributed by atoms with E-state index >= 15 is 0 Å². The summed E-state index contributed by atoms with van der Waals surface area (Å²) in [5, 5.41) is 10.8. The topological polar surface area (TPSA) is 93.7 Å². The van der Waals surface area contributed by atoms with Crippen molar-refractivity contribution in [3.63, 3.8) is 0 Å². The van der Waals surface area contributed by atoms with E-state index in [-0.39, 0.29) is 24.0 Å². The van der Waals surface area contributed by atoms with Crippen molar-refractivity contribution in [3.05, 3.63) is 71.4 Å². The van der Waals surface area contributed by atoms with Gasteiger partial charge in [0.25, 0.3) is 0 Å². The van der Waals surface area contributed by atoms with Gasteiger partial charge in [0.05, 0.1) is 12.8 Å². The van der Waals surface area contributed by atoms with Crippen molar-refractivity contribution < 1.29 is 13.9 Å². The maximum Gasteiger partial charge on any atom is 0.341 e. The number of aliphatic imine (C=N–C) groups is 1. The number of guanidine groups is 1. The van der Waals surface area contributed by atoms with E-state index in [2.05, 4.69) is 45.0 Å². The predicted octanol–water partition coefficient (Wildman–Crippen LogP) is 3.48. The summed E-state index contributed by atoms with van der Waals surface area (Å²) in [6.07, 6.45) is 4.54. The number of hydrogen-bond acceptors (Lipinski definition) is 5. The quantitative estimate of drug-likeness (QED) is 0.198. The van der Waals surface area contributed by atoms with Gasteiger partial charge in [-0.1, -0.05) is 12.1 Å². The van der Waals surface area contributed by atoms with Crippen molar-refractivity contribution >= 4 is 35.9 Å². The molecule has 0 spiro atoms. The van der Waals surface area contributed by atoms with Crippen LogP contribution < -0.4 is 10.6 Å². The fourth-order valence-electron chi connectivity index (χ4n) is 3.00. The third-order valence-electron chi connectivity index (χ3n) is 4.52. The van der Waals surface area contributed by atoms with E-state index < -0.39 is 5.97 Å². The van der Waals surface area contributed by atoms with Crippen LogP contribution in [0.2, 0.25) is 0 Å². The number of halogens is 1. The molecular formula is C22H28IN5O3. The third-order valence-corrected chi connectivity index (χ3v) is 4.52. The Bertz CT molecular complexity index is 981. The van der Waals surface area contributed by atoms with Crippen molar-refractivity contribution in [2.45, 2.75) is 26.8 Å². The van der Waals surface area contributed by atoms with Crippen molar-refractivity contribution in [3.8, 4) is 5.69 Å². The molecule has 9 heteroatoms. The highest BCUT2D eigenvalue weighted by Crippen LogP contribution is 2.16. The van der Waals surface area contributed by atoms with Crippen LogP contribution in [0.15, 0.2) is 58.2 Å². The second-order valence-electron chi connectivity index (χ2n) is 6.66. The molecule has 2 N–H and O–H groups in total. The number of aromatic nitrogens is 2. The van der Waals surface area contributed by atoms with Crippen LogP contribution in [-0.4, -0.2) is 41.9 Å². The molecule has 0 radical (unpaired) electrons. The Labute approximate surface area is 199 Å². The minimum absolute atomic E-state index is 0. The van der Waals surface area contributed by atoms with E-state index in [0.717, 1.165) is 25.2 Å². The van der Waals surface area contributed by atoms with Crippen LogP contribution in [0.5, 0.6) is 0 Å². The van der Waals surface area contributed by atoms with E-state index in [9.17, 15) is 4.79 Å². The lowest BCUT2D eigenvalue weighted by molar-refractivity contribution is 0.0599. The molecule has 0 saturated heterocycles. The molecule has 0 atom stereocenters. The number of furan rings is 1. The Morgan fingerprint density at radius 2 is 2.03 bits per heavy atom. The largest absolute Gasteiger partial charge is 0.465 e. The zero-order chi connectivity index (χ0) is 21.3. The van der Waals surface area contributed by atoms with Gasteiger partial charge < -0.3 is 19.8 Å². The van der Waals surface area contributed by atoms with Crippen molar-refractivity contribution in [1.29, 1.82) is 0 Å². The van der Waals surface area contributed by atoms with Crippen molar-refractivity contribution in [1.82, 2.24) is 20.4 Å². The number of carbonyl (C=O) groups is 1. The number of esters is 1. The van der Waals surface area contributed by atoms with Crippen LogP contribution in [0, 0.1) is 6.92 Å². The molecule has 8 nitrogen and oxygen atoms in total. The van der Waals surface area contributed by atoms with Crippen LogP contribution in [-0.2, 0) is 17.7 Å². The van der Waals surface area contributed by atoms with Gasteiger partial charge in [-0.25, -0.2) is 14.5 Å². The molecule has 0 bridgehead atoms. The number of nitrogens with zero attached hydrogens (tertiary/aromatic N) is 3. The van der Waals surface area contributed by atoms with Crippen LogP contribution in [0.1, 0.15) is 34.4 Å². The number of rotatable bonds is 8. The first kappa shape index (κ1) is 24.4. The first-order valence-corrected chi connectivity index (χ1v) is 9.89. The monoisotopic (exact) mass is 537 g/mol. The molecule has 166 valence electrons. The van der Waals surface area contributed by atoms with Crippen LogP contribution in [0.4, 0.5) is 0 Å². The number of aryl methyl sites for hydroxylation is 1. The Morgan fingerprint density at radius 3 is 2.68 bits per heavy atom. The Hall–Kier alpha value is -2.82. The summed E-state index contributed by atoms with van der Waals surface area (Å²) < 4.78 is 12.2. The number of benzene rings is 1. The number of hydrogen-bond donors (Lipinski definition) is 2.